The minimum absolute atomic E-state index is 0.878. The molecule has 0 N–H and O–H groups in total. The quantitative estimate of drug-likeness (QED) is 0.202. The summed E-state index contributed by atoms with van der Waals surface area (Å²) in [7, 11) is 0. The molecule has 0 unspecified atom stereocenters. The van der Waals surface area contributed by atoms with E-state index in [9.17, 15) is 0 Å². The third-order valence-corrected chi connectivity index (χ3v) is 8.91. The lowest BCUT2D eigenvalue weighted by Crippen LogP contribution is -1.92. The summed E-state index contributed by atoms with van der Waals surface area (Å²) in [6, 6.07) is 54.1. The maximum atomic E-state index is 5.02. The molecule has 0 aliphatic carbocycles. The molecule has 0 fully saturated rings. The molecule has 2 aromatic heterocycles. The van der Waals surface area contributed by atoms with Crippen LogP contribution in [0.15, 0.2) is 158 Å². The highest BCUT2D eigenvalue weighted by molar-refractivity contribution is 6.25. The second-order valence-electron chi connectivity index (χ2n) is 11.4. The molecule has 2 heterocycles. The Labute approximate surface area is 254 Å². The maximum absolute atomic E-state index is 5.02. The summed E-state index contributed by atoms with van der Waals surface area (Å²) in [5.41, 5.74) is 7.41. The lowest BCUT2D eigenvalue weighted by atomic mass is 9.92. The Bertz CT molecular complexity index is 2490. The highest BCUT2D eigenvalue weighted by atomic mass is 14.8. The van der Waals surface area contributed by atoms with Gasteiger partial charge in [-0.1, -0.05) is 133 Å². The molecule has 0 amide bonds. The summed E-state index contributed by atoms with van der Waals surface area (Å²) in [5.74, 6) is 0. The molecule has 0 aliphatic rings. The van der Waals surface area contributed by atoms with E-state index in [0.717, 1.165) is 38.8 Å². The molecule has 9 aromatic rings. The monoisotopic (exact) mass is 558 g/mol. The van der Waals surface area contributed by atoms with Gasteiger partial charge in [-0.15, -0.1) is 0 Å². The molecule has 204 valence electrons. The van der Waals surface area contributed by atoms with Crippen LogP contribution in [-0.2, 0) is 0 Å². The van der Waals surface area contributed by atoms with Gasteiger partial charge in [0.1, 0.15) is 0 Å². The van der Waals surface area contributed by atoms with E-state index in [0.29, 0.717) is 0 Å². The lowest BCUT2D eigenvalue weighted by molar-refractivity contribution is 1.29. The molecule has 0 atom stereocenters. The van der Waals surface area contributed by atoms with Crippen molar-refractivity contribution in [3.8, 4) is 33.6 Å². The van der Waals surface area contributed by atoms with Crippen LogP contribution < -0.4 is 0 Å². The van der Waals surface area contributed by atoms with Gasteiger partial charge in [-0.25, -0.2) is 4.98 Å². The average molecular weight is 559 g/mol. The van der Waals surface area contributed by atoms with E-state index in [4.69, 9.17) is 9.97 Å². The zero-order chi connectivity index (χ0) is 29.0. The van der Waals surface area contributed by atoms with Crippen molar-refractivity contribution in [2.45, 2.75) is 0 Å². The Morgan fingerprint density at radius 1 is 0.318 bits per heavy atom. The molecule has 0 bridgehead atoms. The van der Waals surface area contributed by atoms with Crippen molar-refractivity contribution >= 4 is 54.0 Å². The van der Waals surface area contributed by atoms with Gasteiger partial charge in [0.2, 0.25) is 0 Å². The van der Waals surface area contributed by atoms with Gasteiger partial charge in [-0.05, 0) is 72.6 Å². The lowest BCUT2D eigenvalue weighted by Gasteiger charge is -2.12. The van der Waals surface area contributed by atoms with Crippen molar-refractivity contribution in [1.82, 2.24) is 9.97 Å². The van der Waals surface area contributed by atoms with Gasteiger partial charge in [0.15, 0.2) is 0 Å². The maximum Gasteiger partial charge on any atom is 0.0972 e. The molecule has 0 radical (unpaired) electrons. The summed E-state index contributed by atoms with van der Waals surface area (Å²) in [5, 5.41) is 11.2. The van der Waals surface area contributed by atoms with Crippen LogP contribution >= 0.6 is 0 Å². The van der Waals surface area contributed by atoms with E-state index >= 15 is 0 Å². The van der Waals surface area contributed by atoms with Crippen LogP contribution in [0.25, 0.3) is 87.6 Å². The van der Waals surface area contributed by atoms with E-state index in [1.807, 2.05) is 12.3 Å². The minimum Gasteiger partial charge on any atom is -0.254 e. The van der Waals surface area contributed by atoms with Gasteiger partial charge in [0, 0.05) is 22.5 Å². The first-order valence-electron chi connectivity index (χ1n) is 15.0. The van der Waals surface area contributed by atoms with Crippen molar-refractivity contribution in [2.24, 2.45) is 0 Å². The zero-order valence-electron chi connectivity index (χ0n) is 23.9. The second kappa shape index (κ2) is 9.86. The molecule has 9 rings (SSSR count). The molecular weight excluding hydrogens is 532 g/mol. The summed E-state index contributed by atoms with van der Waals surface area (Å²) < 4.78 is 0. The first-order chi connectivity index (χ1) is 21.8. The first kappa shape index (κ1) is 24.7. The van der Waals surface area contributed by atoms with E-state index in [2.05, 4.69) is 146 Å². The number of para-hydroxylation sites is 1. The summed E-state index contributed by atoms with van der Waals surface area (Å²) in [4.78, 5) is 9.90. The smallest absolute Gasteiger partial charge is 0.0972 e. The van der Waals surface area contributed by atoms with Gasteiger partial charge >= 0.3 is 0 Å². The summed E-state index contributed by atoms with van der Waals surface area (Å²) in [6.45, 7) is 0. The van der Waals surface area contributed by atoms with Crippen LogP contribution in [0.2, 0.25) is 0 Å². The van der Waals surface area contributed by atoms with Crippen molar-refractivity contribution in [3.63, 3.8) is 0 Å². The van der Waals surface area contributed by atoms with Gasteiger partial charge in [0.25, 0.3) is 0 Å². The number of benzene rings is 7. The fraction of sp³-hybridized carbons (Fsp3) is 0. The fourth-order valence-corrected chi connectivity index (χ4v) is 6.75. The van der Waals surface area contributed by atoms with Crippen LogP contribution in [0.1, 0.15) is 0 Å². The van der Waals surface area contributed by atoms with E-state index in [1.54, 1.807) is 0 Å². The molecule has 2 nitrogen and oxygen atoms in total. The van der Waals surface area contributed by atoms with E-state index < -0.39 is 0 Å². The zero-order valence-corrected chi connectivity index (χ0v) is 23.9. The standard InChI is InChI=1S/C42H26N2/c1-2-11-33-31(9-1)32-10-3-4-12-34(32)39-25-29(21-23-36(33)39)27-17-19-28(20-18-27)30-22-24-41(43-26-30)42-38-15-6-5-13-35(38)37-14-7-8-16-40(37)44-42/h1-26H. The van der Waals surface area contributed by atoms with Crippen LogP contribution in [0.3, 0.4) is 0 Å². The van der Waals surface area contributed by atoms with Gasteiger partial charge in [-0.2, -0.15) is 0 Å². The number of aromatic nitrogens is 2. The second-order valence-corrected chi connectivity index (χ2v) is 11.4. The van der Waals surface area contributed by atoms with Crippen LogP contribution in [0.4, 0.5) is 0 Å². The SMILES string of the molecule is c1ccc2c(c1)nc(-c1ccc(-c3ccc(-c4ccc5c6ccccc6c6ccccc6c5c4)cc3)cn1)c1ccccc12. The summed E-state index contributed by atoms with van der Waals surface area (Å²) >= 11 is 0. The number of hydrogen-bond donors (Lipinski definition) is 0. The number of rotatable bonds is 3. The predicted octanol–water partition coefficient (Wildman–Crippen LogP) is 11.2. The molecular formula is C42H26N2. The van der Waals surface area contributed by atoms with Crippen molar-refractivity contribution < 1.29 is 0 Å². The summed E-state index contributed by atoms with van der Waals surface area (Å²) in [6.07, 6.45) is 1.96. The van der Waals surface area contributed by atoms with Crippen LogP contribution in [-0.4, -0.2) is 9.97 Å². The van der Waals surface area contributed by atoms with Gasteiger partial charge in [0.05, 0.1) is 16.9 Å². The molecule has 0 spiro atoms. The fourth-order valence-electron chi connectivity index (χ4n) is 6.75. The molecule has 0 saturated heterocycles. The predicted molar refractivity (Wildman–Crippen MR) is 186 cm³/mol. The Kier molecular flexibility index (Phi) is 5.54. The van der Waals surface area contributed by atoms with Crippen molar-refractivity contribution in [3.05, 3.63) is 158 Å². The Balaban J connectivity index is 1.08. The third-order valence-electron chi connectivity index (χ3n) is 8.91. The minimum atomic E-state index is 0.878. The van der Waals surface area contributed by atoms with Crippen LogP contribution in [0.5, 0.6) is 0 Å². The average Bonchev–Trinajstić information content (AvgIpc) is 3.11. The number of nitrogens with zero attached hydrogens (tertiary/aromatic N) is 2. The molecule has 7 aromatic carbocycles. The number of pyridine rings is 2. The van der Waals surface area contributed by atoms with Crippen LogP contribution in [0, 0.1) is 0 Å². The van der Waals surface area contributed by atoms with Crippen molar-refractivity contribution in [2.75, 3.05) is 0 Å². The molecule has 0 aliphatic heterocycles. The van der Waals surface area contributed by atoms with E-state index in [1.165, 1.54) is 48.8 Å². The molecule has 2 heteroatoms. The van der Waals surface area contributed by atoms with Gasteiger partial charge < -0.3 is 0 Å². The number of hydrogen-bond acceptors (Lipinski definition) is 2. The topological polar surface area (TPSA) is 25.8 Å². The highest BCUT2D eigenvalue weighted by Crippen LogP contribution is 2.37. The highest BCUT2D eigenvalue weighted by Gasteiger charge is 2.12. The normalized spacial score (nSPS) is 11.6. The first-order valence-corrected chi connectivity index (χ1v) is 15.0. The molecule has 44 heavy (non-hydrogen) atoms. The largest absolute Gasteiger partial charge is 0.254 e. The molecule has 0 saturated carbocycles. The van der Waals surface area contributed by atoms with Gasteiger partial charge in [-0.3, -0.25) is 4.98 Å². The Hall–Kier alpha value is -5.86. The Morgan fingerprint density at radius 2 is 0.773 bits per heavy atom. The third kappa shape index (κ3) is 3.89. The number of fused-ring (bicyclic) bond motifs is 9. The van der Waals surface area contributed by atoms with Crippen molar-refractivity contribution in [1.29, 1.82) is 0 Å². The van der Waals surface area contributed by atoms with E-state index in [-0.39, 0.29) is 0 Å². The Morgan fingerprint density at radius 3 is 1.39 bits per heavy atom.